The largest absolute Gasteiger partial charge is 0.603 e. The van der Waals surface area contributed by atoms with Gasteiger partial charge in [0.1, 0.15) is 0 Å². The van der Waals surface area contributed by atoms with Crippen molar-refractivity contribution in [3.63, 3.8) is 0 Å². The van der Waals surface area contributed by atoms with Gasteiger partial charge in [0.25, 0.3) is 0 Å². The van der Waals surface area contributed by atoms with Crippen molar-refractivity contribution in [1.29, 1.82) is 0 Å². The van der Waals surface area contributed by atoms with Gasteiger partial charge in [-0.25, -0.2) is 0 Å². The summed E-state index contributed by atoms with van der Waals surface area (Å²) < 4.78 is 30.7. The van der Waals surface area contributed by atoms with E-state index in [1.807, 2.05) is 18.2 Å². The molecule has 1 aromatic rings. The lowest BCUT2D eigenvalue weighted by Gasteiger charge is -2.31. The fourth-order valence-corrected chi connectivity index (χ4v) is 3.11. The van der Waals surface area contributed by atoms with E-state index in [2.05, 4.69) is 14.1 Å². The van der Waals surface area contributed by atoms with Crippen LogP contribution < -0.4 is 5.11 Å². The summed E-state index contributed by atoms with van der Waals surface area (Å²) in [4.78, 5) is 3.78. The lowest BCUT2D eigenvalue weighted by molar-refractivity contribution is -0.800. The minimum absolute atomic E-state index is 0.234. The number of aromatic nitrogens is 1. The van der Waals surface area contributed by atoms with Crippen LogP contribution in [0.5, 0.6) is 0 Å². The Morgan fingerprint density at radius 2 is 1.62 bits per heavy atom. The van der Waals surface area contributed by atoms with Gasteiger partial charge in [0.05, 0.1) is 19.6 Å². The molecule has 0 spiro atoms. The zero-order chi connectivity index (χ0) is 16.4. The predicted octanol–water partition coefficient (Wildman–Crippen LogP) is 0.552. The van der Waals surface area contributed by atoms with E-state index in [9.17, 15) is 13.5 Å². The third-order valence-corrected chi connectivity index (χ3v) is 5.28. The van der Waals surface area contributed by atoms with E-state index in [-0.39, 0.29) is 3.89 Å². The molecular weight excluding hydrogens is 294 g/mol. The van der Waals surface area contributed by atoms with E-state index >= 15 is 0 Å². The first-order valence-electron chi connectivity index (χ1n) is 6.66. The summed E-state index contributed by atoms with van der Waals surface area (Å²) in [7, 11) is -2.76. The second-order valence-electron chi connectivity index (χ2n) is 4.04. The monoisotopic (exact) mass is 317 g/mol. The molecule has 0 N–H and O–H groups in total. The molecule has 0 saturated carbocycles. The van der Waals surface area contributed by atoms with E-state index in [0.29, 0.717) is 19.6 Å². The van der Waals surface area contributed by atoms with Crippen molar-refractivity contribution in [3.8, 4) is 0 Å². The topological polar surface area (TPSA) is 91.7 Å². The van der Waals surface area contributed by atoms with Gasteiger partial charge in [-0.05, 0) is 40.0 Å². The number of hydrogen-bond acceptors (Lipinski definition) is 5. The first-order valence-corrected chi connectivity index (χ1v) is 8.06. The molecule has 8 heteroatoms. The van der Waals surface area contributed by atoms with E-state index in [1.54, 1.807) is 33.2 Å². The summed E-state index contributed by atoms with van der Waals surface area (Å²) in [6.07, 6.45) is 2.42. The zero-order valence-corrected chi connectivity index (χ0v) is 13.7. The number of ether oxygens (including phenoxy) is 1. The third kappa shape index (κ3) is 5.68. The quantitative estimate of drug-likeness (QED) is 0.449. The Labute approximate surface area is 126 Å². The van der Waals surface area contributed by atoms with E-state index < -0.39 is 16.3 Å². The molecule has 0 amide bonds. The second kappa shape index (κ2) is 9.30. The van der Waals surface area contributed by atoms with Crippen LogP contribution >= 0.6 is 0 Å². The Balaban J connectivity index is 0.000000547. The van der Waals surface area contributed by atoms with Crippen molar-refractivity contribution in [2.24, 2.45) is 4.40 Å². The normalized spacial score (nSPS) is 12.3. The maximum atomic E-state index is 11.8. The molecule has 0 bridgehead atoms. The number of nitrogens with zero attached hydrogens (tertiary/aromatic N) is 3. The van der Waals surface area contributed by atoms with Gasteiger partial charge in [0.2, 0.25) is 0 Å². The lowest BCUT2D eigenvalue weighted by Crippen LogP contribution is -2.51. The number of pyridine rings is 1. The van der Waals surface area contributed by atoms with Gasteiger partial charge in [-0.2, -0.15) is 3.89 Å². The Bertz CT molecular complexity index is 479. The van der Waals surface area contributed by atoms with E-state index in [4.69, 9.17) is 0 Å². The molecule has 0 fully saturated rings. The summed E-state index contributed by atoms with van der Waals surface area (Å²) in [5, 5.41) is 10.8. The second-order valence-corrected chi connectivity index (χ2v) is 5.89. The SMILES string of the molecule is CC[N+](CC)(CC)S(=O)(=O)N=C([O-])OC.c1ccncc1. The molecule has 120 valence electrons. The van der Waals surface area contributed by atoms with Gasteiger partial charge in [0, 0.05) is 12.4 Å². The van der Waals surface area contributed by atoms with Crippen LogP contribution in [0.1, 0.15) is 20.8 Å². The van der Waals surface area contributed by atoms with E-state index in [0.717, 1.165) is 7.11 Å². The van der Waals surface area contributed by atoms with Crippen LogP contribution in [0.4, 0.5) is 0 Å². The van der Waals surface area contributed by atoms with Crippen LogP contribution in [-0.4, -0.2) is 50.1 Å². The number of hydrogen-bond donors (Lipinski definition) is 0. The van der Waals surface area contributed by atoms with Gasteiger partial charge >= 0.3 is 10.2 Å². The highest BCUT2D eigenvalue weighted by atomic mass is 32.2. The standard InChI is InChI=1S/C8H18N2O4S.C5H5N/c1-5-10(6-2,7-3)15(12,13)9-8(11)14-4;1-2-4-6-5-3-1/h5-7H2,1-4H3;1-5H. The van der Waals surface area contributed by atoms with Crippen molar-refractivity contribution < 1.29 is 22.1 Å². The molecule has 0 aliphatic rings. The van der Waals surface area contributed by atoms with Crippen LogP contribution in [0.15, 0.2) is 35.0 Å². The van der Waals surface area contributed by atoms with Crippen molar-refractivity contribution in [1.82, 2.24) is 4.98 Å². The highest BCUT2D eigenvalue weighted by Crippen LogP contribution is 2.16. The van der Waals surface area contributed by atoms with Crippen LogP contribution in [0, 0.1) is 0 Å². The highest BCUT2D eigenvalue weighted by molar-refractivity contribution is 7.84. The van der Waals surface area contributed by atoms with Crippen LogP contribution in [0.3, 0.4) is 0 Å². The fraction of sp³-hybridized carbons (Fsp3) is 0.538. The first kappa shape index (κ1) is 19.3. The molecule has 21 heavy (non-hydrogen) atoms. The van der Waals surface area contributed by atoms with Gasteiger partial charge in [-0.1, -0.05) is 10.5 Å². The van der Waals surface area contributed by atoms with Gasteiger partial charge in [-0.15, -0.1) is 8.42 Å². The molecule has 0 aliphatic heterocycles. The predicted molar refractivity (Wildman–Crippen MR) is 79.5 cm³/mol. The molecule has 1 heterocycles. The summed E-state index contributed by atoms with van der Waals surface area (Å²) in [6.45, 7) is 6.35. The van der Waals surface area contributed by atoms with Crippen molar-refractivity contribution >= 4 is 16.3 Å². The molecule has 0 aliphatic carbocycles. The average molecular weight is 317 g/mol. The molecule has 1 aromatic heterocycles. The Hall–Kier alpha value is -1.67. The molecule has 0 atom stereocenters. The van der Waals surface area contributed by atoms with Gasteiger partial charge in [-0.3, -0.25) is 4.98 Å². The molecule has 0 saturated heterocycles. The summed E-state index contributed by atoms with van der Waals surface area (Å²) in [5.41, 5.74) is 0. The highest BCUT2D eigenvalue weighted by Gasteiger charge is 2.37. The maximum absolute atomic E-state index is 11.8. The summed E-state index contributed by atoms with van der Waals surface area (Å²) >= 11 is 0. The minimum atomic E-state index is -3.86. The smallest absolute Gasteiger partial charge is 0.416 e. The molecule has 0 unspecified atom stereocenters. The molecule has 1 rings (SSSR count). The van der Waals surface area contributed by atoms with Crippen LogP contribution in [-0.2, 0) is 14.9 Å². The van der Waals surface area contributed by atoms with Crippen molar-refractivity contribution in [2.75, 3.05) is 26.7 Å². The van der Waals surface area contributed by atoms with Crippen molar-refractivity contribution in [3.05, 3.63) is 30.6 Å². The summed E-state index contributed by atoms with van der Waals surface area (Å²) in [5.74, 6) is 0. The summed E-state index contributed by atoms with van der Waals surface area (Å²) in [6, 6.07) is 5.72. The van der Waals surface area contributed by atoms with Gasteiger partial charge in [0.15, 0.2) is 6.08 Å². The molecular formula is C13H23N3O4S. The number of quaternary nitrogens is 1. The number of methoxy groups -OCH3 is 1. The maximum Gasteiger partial charge on any atom is 0.416 e. The fourth-order valence-electron chi connectivity index (χ4n) is 1.69. The third-order valence-electron chi connectivity index (χ3n) is 3.15. The van der Waals surface area contributed by atoms with Crippen LogP contribution in [0.25, 0.3) is 0 Å². The molecule has 0 radical (unpaired) electrons. The molecule has 7 nitrogen and oxygen atoms in total. The van der Waals surface area contributed by atoms with Crippen LogP contribution in [0.2, 0.25) is 0 Å². The first-order chi connectivity index (χ1) is 9.89. The van der Waals surface area contributed by atoms with Gasteiger partial charge < -0.3 is 9.84 Å². The average Bonchev–Trinajstić information content (AvgIpc) is 2.51. The minimum Gasteiger partial charge on any atom is -0.603 e. The van der Waals surface area contributed by atoms with E-state index in [1.165, 1.54) is 0 Å². The zero-order valence-electron chi connectivity index (χ0n) is 12.9. The van der Waals surface area contributed by atoms with Crippen molar-refractivity contribution in [2.45, 2.75) is 20.8 Å². The Morgan fingerprint density at radius 1 is 1.14 bits per heavy atom. The Kier molecular flexibility index (Phi) is 8.56. The Morgan fingerprint density at radius 3 is 1.86 bits per heavy atom. The lowest BCUT2D eigenvalue weighted by atomic mass is 10.5. The molecule has 0 aromatic carbocycles. The number of rotatable bonds is 5.